The van der Waals surface area contributed by atoms with Crippen LogP contribution in [0.5, 0.6) is 0 Å². The minimum atomic E-state index is 0. The van der Waals surface area contributed by atoms with Crippen molar-refractivity contribution in [1.29, 1.82) is 0 Å². The van der Waals surface area contributed by atoms with Crippen molar-refractivity contribution in [3.8, 4) is 0 Å². The van der Waals surface area contributed by atoms with E-state index in [1.54, 1.807) is 11.8 Å². The molecule has 1 aromatic carbocycles. The van der Waals surface area contributed by atoms with Crippen molar-refractivity contribution >= 4 is 59.2 Å². The number of thioether (sulfide) groups is 1. The normalized spacial score (nSPS) is 15.8. The van der Waals surface area contributed by atoms with E-state index in [1.165, 1.54) is 0 Å². The van der Waals surface area contributed by atoms with Gasteiger partial charge in [0.05, 0.1) is 11.4 Å². The van der Waals surface area contributed by atoms with Crippen molar-refractivity contribution in [2.24, 2.45) is 9.98 Å². The van der Waals surface area contributed by atoms with Gasteiger partial charge in [-0.25, -0.2) is 4.99 Å². The first-order valence-corrected chi connectivity index (χ1v) is 5.47. The molecule has 2 nitrogen and oxygen atoms in total. The Labute approximate surface area is 111 Å². The molecular weight excluding hydrogens is 263 g/mol. The van der Waals surface area contributed by atoms with Crippen LogP contribution < -0.4 is 0 Å². The van der Waals surface area contributed by atoms with Gasteiger partial charge in [-0.05, 0) is 12.1 Å². The summed E-state index contributed by atoms with van der Waals surface area (Å²) in [5.74, 6) is 1.02. The summed E-state index contributed by atoms with van der Waals surface area (Å²) < 4.78 is 0. The monoisotopic (exact) mass is 272 g/mol. The first-order valence-electron chi connectivity index (χ1n) is 4.48. The molecule has 84 valence electrons. The molecule has 16 heavy (non-hydrogen) atoms. The zero-order valence-corrected chi connectivity index (χ0v) is 10.7. The highest BCUT2D eigenvalue weighted by atomic mass is 35.5. The highest BCUT2D eigenvalue weighted by Crippen LogP contribution is 2.33. The molecule has 2 aliphatic rings. The van der Waals surface area contributed by atoms with Crippen LogP contribution in [-0.4, -0.2) is 17.0 Å². The van der Waals surface area contributed by atoms with Crippen molar-refractivity contribution in [3.05, 3.63) is 35.9 Å². The minimum absolute atomic E-state index is 0. The van der Waals surface area contributed by atoms with Crippen LogP contribution in [-0.2, 0) is 0 Å². The largest absolute Gasteiger partial charge is 0.254 e. The molecule has 2 aliphatic heterocycles. The van der Waals surface area contributed by atoms with Crippen LogP contribution in [0.15, 0.2) is 45.9 Å². The molecule has 0 N–H and O–H groups in total. The molecule has 3 rings (SSSR count). The zero-order chi connectivity index (χ0) is 9.38. The lowest BCUT2D eigenvalue weighted by molar-refractivity contribution is 1.48. The molecule has 2 heterocycles. The molecule has 0 atom stereocenters. The number of para-hydroxylation sites is 2. The lowest BCUT2D eigenvalue weighted by Crippen LogP contribution is -1.90. The Morgan fingerprint density at radius 2 is 1.81 bits per heavy atom. The predicted octanol–water partition coefficient (Wildman–Crippen LogP) is 3.95. The maximum absolute atomic E-state index is 4.59. The lowest BCUT2D eigenvalue weighted by atomic mass is 10.3. The van der Waals surface area contributed by atoms with E-state index in [0.29, 0.717) is 0 Å². The first-order chi connectivity index (χ1) is 6.93. The molecule has 1 aromatic rings. The SMILES string of the molecule is C1=Nc2ccccc2N=C2SCC=C12.Cl.Cl. The van der Waals surface area contributed by atoms with Crippen LogP contribution >= 0.6 is 36.6 Å². The van der Waals surface area contributed by atoms with E-state index in [-0.39, 0.29) is 24.8 Å². The van der Waals surface area contributed by atoms with E-state index in [2.05, 4.69) is 16.1 Å². The second-order valence-corrected chi connectivity index (χ2v) is 4.14. The van der Waals surface area contributed by atoms with Crippen molar-refractivity contribution in [1.82, 2.24) is 0 Å². The molecule has 0 bridgehead atoms. The quantitative estimate of drug-likeness (QED) is 0.702. The highest BCUT2D eigenvalue weighted by molar-refractivity contribution is 8.15. The van der Waals surface area contributed by atoms with Crippen LogP contribution in [0.3, 0.4) is 0 Å². The van der Waals surface area contributed by atoms with E-state index >= 15 is 0 Å². The molecule has 0 radical (unpaired) electrons. The second kappa shape index (κ2) is 5.53. The Hall–Kier alpha value is -0.770. The summed E-state index contributed by atoms with van der Waals surface area (Å²) in [5, 5.41) is 1.10. The van der Waals surface area contributed by atoms with Gasteiger partial charge in [0, 0.05) is 17.5 Å². The number of halogens is 2. The van der Waals surface area contributed by atoms with Gasteiger partial charge >= 0.3 is 0 Å². The third kappa shape index (κ3) is 2.32. The average Bonchev–Trinajstić information content (AvgIpc) is 2.58. The van der Waals surface area contributed by atoms with Gasteiger partial charge in [-0.3, -0.25) is 4.99 Å². The van der Waals surface area contributed by atoms with E-state index in [9.17, 15) is 0 Å². The number of fused-ring (bicyclic) bond motifs is 2. The average molecular weight is 273 g/mol. The number of rotatable bonds is 0. The van der Waals surface area contributed by atoms with Gasteiger partial charge < -0.3 is 0 Å². The fourth-order valence-corrected chi connectivity index (χ4v) is 2.39. The Morgan fingerprint density at radius 1 is 1.06 bits per heavy atom. The smallest absolute Gasteiger partial charge is 0.106 e. The summed E-state index contributed by atoms with van der Waals surface area (Å²) in [6.45, 7) is 0. The maximum Gasteiger partial charge on any atom is 0.106 e. The Kier molecular flexibility index (Phi) is 4.59. The standard InChI is InChI=1S/C11H8N2S.2ClH/c1-2-4-10-9(3-1)12-7-8-5-6-14-11(8)13-10;;/h1-5,7H,6H2;2*1H. The molecule has 0 saturated carbocycles. The van der Waals surface area contributed by atoms with Crippen LogP contribution in [0.4, 0.5) is 11.4 Å². The highest BCUT2D eigenvalue weighted by Gasteiger charge is 2.15. The minimum Gasteiger partial charge on any atom is -0.254 e. The van der Waals surface area contributed by atoms with Gasteiger partial charge in [-0.15, -0.1) is 36.6 Å². The van der Waals surface area contributed by atoms with Crippen LogP contribution in [0.1, 0.15) is 0 Å². The summed E-state index contributed by atoms with van der Waals surface area (Å²) in [6, 6.07) is 7.97. The molecule has 0 saturated heterocycles. The van der Waals surface area contributed by atoms with E-state index in [4.69, 9.17) is 0 Å². The fraction of sp³-hybridized carbons (Fsp3) is 0.0909. The summed E-state index contributed by atoms with van der Waals surface area (Å²) in [4.78, 5) is 9.00. The van der Waals surface area contributed by atoms with Gasteiger partial charge in [-0.2, -0.15) is 0 Å². The lowest BCUT2D eigenvalue weighted by Gasteiger charge is -1.97. The van der Waals surface area contributed by atoms with Crippen LogP contribution in [0.25, 0.3) is 0 Å². The molecular formula is C11H10Cl2N2S. The Balaban J connectivity index is 0.000000640. The van der Waals surface area contributed by atoms with E-state index in [0.717, 1.165) is 27.7 Å². The van der Waals surface area contributed by atoms with Crippen molar-refractivity contribution in [3.63, 3.8) is 0 Å². The molecule has 0 aliphatic carbocycles. The number of benzene rings is 1. The molecule has 0 fully saturated rings. The Bertz CT molecular complexity index is 481. The third-order valence-corrected chi connectivity index (χ3v) is 3.15. The molecule has 5 heteroatoms. The van der Waals surface area contributed by atoms with Crippen molar-refractivity contribution in [2.75, 3.05) is 5.75 Å². The molecule has 0 aromatic heterocycles. The van der Waals surface area contributed by atoms with Crippen molar-refractivity contribution < 1.29 is 0 Å². The molecule has 0 spiro atoms. The fourth-order valence-electron chi connectivity index (χ4n) is 1.50. The summed E-state index contributed by atoms with van der Waals surface area (Å²) in [6.07, 6.45) is 4.07. The summed E-state index contributed by atoms with van der Waals surface area (Å²) in [5.41, 5.74) is 3.08. The van der Waals surface area contributed by atoms with Crippen molar-refractivity contribution in [2.45, 2.75) is 0 Å². The van der Waals surface area contributed by atoms with Gasteiger partial charge in [0.2, 0.25) is 0 Å². The van der Waals surface area contributed by atoms with Crippen LogP contribution in [0.2, 0.25) is 0 Å². The molecule has 0 amide bonds. The second-order valence-electron chi connectivity index (χ2n) is 3.13. The predicted molar refractivity (Wildman–Crippen MR) is 76.7 cm³/mol. The topological polar surface area (TPSA) is 24.7 Å². The number of hydrogen-bond acceptors (Lipinski definition) is 3. The number of nitrogens with zero attached hydrogens (tertiary/aromatic N) is 2. The number of aliphatic imine (C=N–C) groups is 2. The maximum atomic E-state index is 4.59. The van der Waals surface area contributed by atoms with E-state index < -0.39 is 0 Å². The van der Waals surface area contributed by atoms with Gasteiger partial charge in [0.1, 0.15) is 5.04 Å². The molecule has 0 unspecified atom stereocenters. The van der Waals surface area contributed by atoms with E-state index in [1.807, 2.05) is 30.5 Å². The zero-order valence-electron chi connectivity index (χ0n) is 8.29. The Morgan fingerprint density at radius 3 is 2.62 bits per heavy atom. The summed E-state index contributed by atoms with van der Waals surface area (Å²) >= 11 is 1.77. The summed E-state index contributed by atoms with van der Waals surface area (Å²) in [7, 11) is 0. The van der Waals surface area contributed by atoms with Gasteiger partial charge in [0.25, 0.3) is 0 Å². The van der Waals surface area contributed by atoms with Gasteiger partial charge in [0.15, 0.2) is 0 Å². The van der Waals surface area contributed by atoms with Crippen LogP contribution in [0, 0.1) is 0 Å². The number of hydrogen-bond donors (Lipinski definition) is 0. The van der Waals surface area contributed by atoms with Gasteiger partial charge in [-0.1, -0.05) is 18.2 Å². The third-order valence-electron chi connectivity index (χ3n) is 2.22. The first kappa shape index (κ1) is 13.3.